The first-order chi connectivity index (χ1) is 18.0. The number of nitrogens with zero attached hydrogens (tertiary/aromatic N) is 2. The van der Waals surface area contributed by atoms with Crippen LogP contribution < -0.4 is 10.1 Å². The van der Waals surface area contributed by atoms with E-state index in [4.69, 9.17) is 4.74 Å². The SMILES string of the molecule is O=C1NC(=O)C2(N3Cc4cc(O[C@H]5CCCC[C@@H]5N5CCC(c6ccccc6)C5)ccc4C3=O)CC1C2. The van der Waals surface area contributed by atoms with Gasteiger partial charge in [0.05, 0.1) is 0 Å². The number of carbonyl (C=O) groups is 3. The second kappa shape index (κ2) is 8.69. The van der Waals surface area contributed by atoms with E-state index in [-0.39, 0.29) is 29.7 Å². The minimum absolute atomic E-state index is 0.121. The maximum atomic E-state index is 13.2. The van der Waals surface area contributed by atoms with Gasteiger partial charge in [-0.25, -0.2) is 0 Å². The summed E-state index contributed by atoms with van der Waals surface area (Å²) in [6.45, 7) is 2.57. The van der Waals surface area contributed by atoms with Gasteiger partial charge in [-0.15, -0.1) is 0 Å². The van der Waals surface area contributed by atoms with Crippen molar-refractivity contribution in [1.29, 1.82) is 0 Å². The minimum atomic E-state index is -0.880. The van der Waals surface area contributed by atoms with Crippen molar-refractivity contribution in [2.24, 2.45) is 5.92 Å². The summed E-state index contributed by atoms with van der Waals surface area (Å²) in [5.74, 6) is 0.561. The first kappa shape index (κ1) is 23.0. The molecule has 7 heteroatoms. The molecule has 7 nitrogen and oxygen atoms in total. The van der Waals surface area contributed by atoms with Gasteiger partial charge in [0.2, 0.25) is 5.91 Å². The lowest BCUT2D eigenvalue weighted by Gasteiger charge is -2.53. The molecule has 3 atom stereocenters. The van der Waals surface area contributed by atoms with E-state index in [1.807, 2.05) is 18.2 Å². The van der Waals surface area contributed by atoms with E-state index in [1.165, 1.54) is 24.8 Å². The van der Waals surface area contributed by atoms with E-state index in [1.54, 1.807) is 4.90 Å². The van der Waals surface area contributed by atoms with Gasteiger partial charge >= 0.3 is 0 Å². The first-order valence-corrected chi connectivity index (χ1v) is 13.8. The van der Waals surface area contributed by atoms with Gasteiger partial charge in [-0.2, -0.15) is 0 Å². The van der Waals surface area contributed by atoms with E-state index in [0.717, 1.165) is 37.2 Å². The van der Waals surface area contributed by atoms with Crippen LogP contribution >= 0.6 is 0 Å². The molecule has 2 aromatic rings. The lowest BCUT2D eigenvalue weighted by atomic mass is 9.63. The Hall–Kier alpha value is -3.19. The van der Waals surface area contributed by atoms with Crippen molar-refractivity contribution >= 4 is 17.7 Å². The summed E-state index contributed by atoms with van der Waals surface area (Å²) in [5, 5.41) is 2.45. The molecule has 37 heavy (non-hydrogen) atoms. The van der Waals surface area contributed by atoms with Crippen LogP contribution in [0.25, 0.3) is 0 Å². The summed E-state index contributed by atoms with van der Waals surface area (Å²) in [5.41, 5.74) is 2.09. The van der Waals surface area contributed by atoms with Gasteiger partial charge in [0.25, 0.3) is 11.8 Å². The molecule has 4 heterocycles. The largest absolute Gasteiger partial charge is 0.489 e. The van der Waals surface area contributed by atoms with E-state index < -0.39 is 5.54 Å². The molecule has 2 saturated carbocycles. The third-order valence-electron chi connectivity index (χ3n) is 9.51. The van der Waals surface area contributed by atoms with Gasteiger partial charge in [0, 0.05) is 30.6 Å². The third-order valence-corrected chi connectivity index (χ3v) is 9.51. The zero-order valence-electron chi connectivity index (χ0n) is 21.0. The Bertz CT molecular complexity index is 1250. The molecule has 5 fully saturated rings. The number of rotatable bonds is 5. The molecule has 1 unspecified atom stereocenters. The molecule has 2 bridgehead atoms. The predicted molar refractivity (Wildman–Crippen MR) is 137 cm³/mol. The average molecular weight is 500 g/mol. The fourth-order valence-corrected chi connectivity index (χ4v) is 7.41. The standard InChI is InChI=1S/C30H33N3O4/c34-27-22-15-30(16-22,29(36)31-27)33-18-21-14-23(10-11-24(21)28(33)35)37-26-9-5-4-8-25(26)32-13-12-20(17-32)19-6-2-1-3-7-19/h1-3,6-7,10-11,14,20,22,25-26H,4-5,8-9,12-13,15-18H2,(H,31,34,36)/t20?,22?,25-,26-,30?/m0/s1. The number of likely N-dealkylation sites (tertiary alicyclic amines) is 1. The molecule has 0 aromatic heterocycles. The lowest BCUT2D eigenvalue weighted by Crippen LogP contribution is -2.73. The van der Waals surface area contributed by atoms with Gasteiger partial charge < -0.3 is 9.64 Å². The van der Waals surface area contributed by atoms with Crippen LogP contribution in [0.5, 0.6) is 5.75 Å². The van der Waals surface area contributed by atoms with Gasteiger partial charge in [-0.3, -0.25) is 24.6 Å². The number of nitrogens with one attached hydrogen (secondary N) is 1. The fourth-order valence-electron chi connectivity index (χ4n) is 7.41. The Kier molecular flexibility index (Phi) is 5.39. The van der Waals surface area contributed by atoms with Crippen LogP contribution in [0.1, 0.15) is 72.3 Å². The number of piperidine rings is 2. The molecule has 1 N–H and O–H groups in total. The summed E-state index contributed by atoms with van der Waals surface area (Å²) in [7, 11) is 0. The molecule has 4 aliphatic heterocycles. The number of amides is 3. The molecule has 0 spiro atoms. The summed E-state index contributed by atoms with van der Waals surface area (Å²) >= 11 is 0. The quantitative estimate of drug-likeness (QED) is 0.636. The first-order valence-electron chi connectivity index (χ1n) is 13.8. The van der Waals surface area contributed by atoms with Crippen LogP contribution in [-0.2, 0) is 16.1 Å². The van der Waals surface area contributed by atoms with Crippen molar-refractivity contribution < 1.29 is 19.1 Å². The Morgan fingerprint density at radius 2 is 1.73 bits per heavy atom. The predicted octanol–water partition coefficient (Wildman–Crippen LogP) is 3.63. The Morgan fingerprint density at radius 1 is 0.919 bits per heavy atom. The van der Waals surface area contributed by atoms with Crippen molar-refractivity contribution in [1.82, 2.24) is 15.1 Å². The van der Waals surface area contributed by atoms with Crippen molar-refractivity contribution in [2.75, 3.05) is 13.1 Å². The molecule has 2 aromatic carbocycles. The highest BCUT2D eigenvalue weighted by Gasteiger charge is 2.63. The van der Waals surface area contributed by atoms with Crippen molar-refractivity contribution in [3.8, 4) is 5.75 Å². The van der Waals surface area contributed by atoms with E-state index in [9.17, 15) is 14.4 Å². The van der Waals surface area contributed by atoms with Gasteiger partial charge in [0.1, 0.15) is 17.4 Å². The van der Waals surface area contributed by atoms with Crippen LogP contribution in [0.4, 0.5) is 0 Å². The van der Waals surface area contributed by atoms with E-state index in [2.05, 4.69) is 40.5 Å². The maximum absolute atomic E-state index is 13.2. The number of carbonyl (C=O) groups excluding carboxylic acids is 3. The fraction of sp³-hybridized carbons (Fsp3) is 0.500. The lowest BCUT2D eigenvalue weighted by molar-refractivity contribution is -0.160. The highest BCUT2D eigenvalue weighted by molar-refractivity contribution is 6.10. The topological polar surface area (TPSA) is 79.0 Å². The Labute approximate surface area is 217 Å². The number of ether oxygens (including phenoxy) is 1. The molecular weight excluding hydrogens is 466 g/mol. The molecule has 2 aliphatic carbocycles. The highest BCUT2D eigenvalue weighted by Crippen LogP contribution is 2.49. The molecule has 6 aliphatic rings. The van der Waals surface area contributed by atoms with Crippen molar-refractivity contribution in [3.63, 3.8) is 0 Å². The van der Waals surface area contributed by atoms with Gasteiger partial charge in [0.15, 0.2) is 0 Å². The summed E-state index contributed by atoms with van der Waals surface area (Å²) < 4.78 is 6.64. The summed E-state index contributed by atoms with van der Waals surface area (Å²) in [4.78, 5) is 42.1. The number of benzene rings is 2. The zero-order chi connectivity index (χ0) is 25.1. The minimum Gasteiger partial charge on any atom is -0.489 e. The van der Waals surface area contributed by atoms with Crippen LogP contribution in [0.15, 0.2) is 48.5 Å². The zero-order valence-corrected chi connectivity index (χ0v) is 21.0. The van der Waals surface area contributed by atoms with E-state index >= 15 is 0 Å². The summed E-state index contributed by atoms with van der Waals surface area (Å²) in [6.07, 6.45) is 6.79. The third kappa shape index (κ3) is 3.69. The monoisotopic (exact) mass is 499 g/mol. The Balaban J connectivity index is 1.06. The van der Waals surface area contributed by atoms with Gasteiger partial charge in [-0.1, -0.05) is 36.8 Å². The van der Waals surface area contributed by atoms with Crippen molar-refractivity contribution in [2.45, 2.75) is 75.1 Å². The normalized spacial score (nSPS) is 33.2. The van der Waals surface area contributed by atoms with Gasteiger partial charge in [-0.05, 0) is 80.3 Å². The summed E-state index contributed by atoms with van der Waals surface area (Å²) in [6, 6.07) is 17.0. The van der Waals surface area contributed by atoms with Crippen molar-refractivity contribution in [3.05, 3.63) is 65.2 Å². The average Bonchev–Trinajstić information content (AvgIpc) is 3.50. The number of fused-ring (bicyclic) bond motifs is 3. The van der Waals surface area contributed by atoms with Crippen LogP contribution in [0.2, 0.25) is 0 Å². The molecule has 192 valence electrons. The number of hydrogen-bond donors (Lipinski definition) is 1. The Morgan fingerprint density at radius 3 is 2.54 bits per heavy atom. The molecule has 3 amide bonds. The number of hydrogen-bond acceptors (Lipinski definition) is 5. The number of imide groups is 1. The molecule has 8 rings (SSSR count). The smallest absolute Gasteiger partial charge is 0.255 e. The van der Waals surface area contributed by atoms with Crippen LogP contribution in [0, 0.1) is 5.92 Å². The molecule has 3 saturated heterocycles. The van der Waals surface area contributed by atoms with Crippen LogP contribution in [0.3, 0.4) is 0 Å². The highest BCUT2D eigenvalue weighted by atomic mass is 16.5. The maximum Gasteiger partial charge on any atom is 0.255 e. The van der Waals surface area contributed by atoms with Crippen LogP contribution in [-0.4, -0.2) is 58.3 Å². The second-order valence-corrected chi connectivity index (χ2v) is 11.6. The molecule has 0 radical (unpaired) electrons. The second-order valence-electron chi connectivity index (χ2n) is 11.6. The molecular formula is C30H33N3O4. The van der Waals surface area contributed by atoms with E-state index in [0.29, 0.717) is 36.9 Å².